The summed E-state index contributed by atoms with van der Waals surface area (Å²) in [6, 6.07) is 17.3. The topological polar surface area (TPSA) is 101 Å². The third kappa shape index (κ3) is 7.14. The van der Waals surface area contributed by atoms with E-state index in [0.717, 1.165) is 50.5 Å². The SMILES string of the molecule is O=C(COc1ccc(Cl)cc1)Nc1ccc(N2CCCN(Cc3ccc([N+](=O)[O-])cc3)CC2)nc1. The van der Waals surface area contributed by atoms with Gasteiger partial charge in [-0.15, -0.1) is 0 Å². The molecule has 0 saturated carbocycles. The van der Waals surface area contributed by atoms with Gasteiger partial charge in [-0.2, -0.15) is 0 Å². The Morgan fingerprint density at radius 1 is 1.03 bits per heavy atom. The molecular weight excluding hydrogens is 470 g/mol. The van der Waals surface area contributed by atoms with Gasteiger partial charge < -0.3 is 15.0 Å². The number of nitro groups is 1. The lowest BCUT2D eigenvalue weighted by Gasteiger charge is -2.23. The predicted octanol–water partition coefficient (Wildman–Crippen LogP) is 4.37. The largest absolute Gasteiger partial charge is 0.484 e. The van der Waals surface area contributed by atoms with Crippen molar-refractivity contribution in [2.24, 2.45) is 0 Å². The third-order valence-electron chi connectivity index (χ3n) is 5.68. The fraction of sp³-hybridized carbons (Fsp3) is 0.280. The average Bonchev–Trinajstić information content (AvgIpc) is 3.10. The van der Waals surface area contributed by atoms with Crippen LogP contribution in [-0.2, 0) is 11.3 Å². The molecule has 2 heterocycles. The number of hydrogen-bond donors (Lipinski definition) is 1. The number of aromatic nitrogens is 1. The second-order valence-corrected chi connectivity index (χ2v) is 8.67. The van der Waals surface area contributed by atoms with Crippen molar-refractivity contribution in [3.8, 4) is 5.75 Å². The van der Waals surface area contributed by atoms with Crippen LogP contribution in [0.4, 0.5) is 17.2 Å². The Balaban J connectivity index is 1.25. The van der Waals surface area contributed by atoms with Crippen molar-refractivity contribution in [2.45, 2.75) is 13.0 Å². The summed E-state index contributed by atoms with van der Waals surface area (Å²) in [6.45, 7) is 4.14. The predicted molar refractivity (Wildman–Crippen MR) is 135 cm³/mol. The van der Waals surface area contributed by atoms with Crippen LogP contribution in [-0.4, -0.2) is 53.5 Å². The first-order valence-corrected chi connectivity index (χ1v) is 11.7. The molecular formula is C25H26ClN5O4. The summed E-state index contributed by atoms with van der Waals surface area (Å²) in [7, 11) is 0. The Morgan fingerprint density at radius 3 is 2.49 bits per heavy atom. The quantitative estimate of drug-likeness (QED) is 0.365. The molecule has 1 aliphatic rings. The number of pyridine rings is 1. The summed E-state index contributed by atoms with van der Waals surface area (Å²) in [5.41, 5.74) is 1.77. The van der Waals surface area contributed by atoms with Gasteiger partial charge in [-0.25, -0.2) is 4.98 Å². The number of carbonyl (C=O) groups excluding carboxylic acids is 1. The van der Waals surface area contributed by atoms with Crippen LogP contribution in [0.1, 0.15) is 12.0 Å². The number of anilines is 2. The van der Waals surface area contributed by atoms with E-state index < -0.39 is 0 Å². The van der Waals surface area contributed by atoms with E-state index >= 15 is 0 Å². The summed E-state index contributed by atoms with van der Waals surface area (Å²) in [4.78, 5) is 31.7. The number of carbonyl (C=O) groups is 1. The van der Waals surface area contributed by atoms with E-state index in [1.807, 2.05) is 24.3 Å². The highest BCUT2D eigenvalue weighted by molar-refractivity contribution is 6.30. The van der Waals surface area contributed by atoms with Crippen molar-refractivity contribution in [3.63, 3.8) is 0 Å². The van der Waals surface area contributed by atoms with E-state index in [0.29, 0.717) is 16.5 Å². The maximum Gasteiger partial charge on any atom is 0.269 e. The number of halogens is 1. The van der Waals surface area contributed by atoms with Gasteiger partial charge in [-0.3, -0.25) is 19.8 Å². The molecule has 0 unspecified atom stereocenters. The minimum atomic E-state index is -0.382. The number of rotatable bonds is 8. The molecule has 35 heavy (non-hydrogen) atoms. The first-order chi connectivity index (χ1) is 17.0. The summed E-state index contributed by atoms with van der Waals surface area (Å²) < 4.78 is 5.46. The molecule has 0 aliphatic carbocycles. The summed E-state index contributed by atoms with van der Waals surface area (Å²) in [5.74, 6) is 1.16. The van der Waals surface area contributed by atoms with Crippen molar-refractivity contribution in [1.82, 2.24) is 9.88 Å². The molecule has 3 aromatic rings. The lowest BCUT2D eigenvalue weighted by molar-refractivity contribution is -0.384. The minimum Gasteiger partial charge on any atom is -0.484 e. The highest BCUT2D eigenvalue weighted by atomic mass is 35.5. The molecule has 4 rings (SSSR count). The van der Waals surface area contributed by atoms with Gasteiger partial charge in [0.25, 0.3) is 11.6 Å². The van der Waals surface area contributed by atoms with Crippen molar-refractivity contribution in [2.75, 3.05) is 43.0 Å². The van der Waals surface area contributed by atoms with Crippen molar-refractivity contribution < 1.29 is 14.5 Å². The molecule has 1 saturated heterocycles. The van der Waals surface area contributed by atoms with Crippen molar-refractivity contribution in [1.29, 1.82) is 0 Å². The molecule has 2 aromatic carbocycles. The number of non-ortho nitro benzene ring substituents is 1. The number of nitro benzene ring substituents is 1. The molecule has 1 aliphatic heterocycles. The zero-order valence-corrected chi connectivity index (χ0v) is 19.9. The molecule has 1 amide bonds. The number of benzene rings is 2. The first-order valence-electron chi connectivity index (χ1n) is 11.3. The van der Waals surface area contributed by atoms with Crippen LogP contribution >= 0.6 is 11.6 Å². The smallest absolute Gasteiger partial charge is 0.269 e. The number of ether oxygens (including phenoxy) is 1. The monoisotopic (exact) mass is 495 g/mol. The zero-order chi connectivity index (χ0) is 24.6. The maximum absolute atomic E-state index is 12.2. The van der Waals surface area contributed by atoms with Crippen LogP contribution < -0.4 is 15.0 Å². The second-order valence-electron chi connectivity index (χ2n) is 8.24. The van der Waals surface area contributed by atoms with Crippen molar-refractivity contribution in [3.05, 3.63) is 87.6 Å². The molecule has 1 fully saturated rings. The summed E-state index contributed by atoms with van der Waals surface area (Å²) in [5, 5.41) is 14.2. The standard InChI is InChI=1S/C25H26ClN5O4/c26-20-4-9-23(10-5-20)35-18-25(32)28-21-6-11-24(27-16-21)30-13-1-12-29(14-15-30)17-19-2-7-22(8-3-19)31(33)34/h2-11,16H,1,12-15,17-18H2,(H,28,32). The van der Waals surface area contributed by atoms with E-state index in [1.165, 1.54) is 0 Å². The van der Waals surface area contributed by atoms with Gasteiger partial charge >= 0.3 is 0 Å². The lowest BCUT2D eigenvalue weighted by atomic mass is 10.2. The summed E-state index contributed by atoms with van der Waals surface area (Å²) in [6.07, 6.45) is 2.63. The molecule has 0 spiro atoms. The number of nitrogens with one attached hydrogen (secondary N) is 1. The second kappa shape index (κ2) is 11.6. The Morgan fingerprint density at radius 2 is 1.80 bits per heavy atom. The van der Waals surface area contributed by atoms with E-state index in [2.05, 4.69) is 20.1 Å². The molecule has 1 aromatic heterocycles. The normalized spacial score (nSPS) is 14.3. The highest BCUT2D eigenvalue weighted by Crippen LogP contribution is 2.19. The van der Waals surface area contributed by atoms with Crippen LogP contribution in [0.3, 0.4) is 0 Å². The van der Waals surface area contributed by atoms with Crippen LogP contribution in [0.2, 0.25) is 5.02 Å². The van der Waals surface area contributed by atoms with Crippen LogP contribution in [0, 0.1) is 10.1 Å². The first kappa shape index (κ1) is 24.4. The molecule has 0 atom stereocenters. The number of nitrogens with zero attached hydrogens (tertiary/aromatic N) is 4. The average molecular weight is 496 g/mol. The van der Waals surface area contributed by atoms with E-state index in [1.54, 1.807) is 42.6 Å². The Bertz CT molecular complexity index is 1140. The molecule has 9 nitrogen and oxygen atoms in total. The fourth-order valence-electron chi connectivity index (χ4n) is 3.86. The highest BCUT2D eigenvalue weighted by Gasteiger charge is 2.17. The zero-order valence-electron chi connectivity index (χ0n) is 19.1. The Kier molecular flexibility index (Phi) is 8.12. The minimum absolute atomic E-state index is 0.107. The van der Waals surface area contributed by atoms with Gasteiger partial charge in [-0.1, -0.05) is 23.7 Å². The van der Waals surface area contributed by atoms with Gasteiger partial charge in [0.05, 0.1) is 16.8 Å². The van der Waals surface area contributed by atoms with Gasteiger partial charge in [0.15, 0.2) is 6.61 Å². The number of hydrogen-bond acceptors (Lipinski definition) is 7. The van der Waals surface area contributed by atoms with E-state index in [9.17, 15) is 14.9 Å². The van der Waals surface area contributed by atoms with E-state index in [4.69, 9.17) is 16.3 Å². The molecule has 0 radical (unpaired) electrons. The maximum atomic E-state index is 12.2. The Hall–Kier alpha value is -3.69. The van der Waals surface area contributed by atoms with Crippen LogP contribution in [0.25, 0.3) is 0 Å². The Labute approximate surface area is 208 Å². The van der Waals surface area contributed by atoms with Gasteiger partial charge in [-0.05, 0) is 48.4 Å². The molecule has 1 N–H and O–H groups in total. The summed E-state index contributed by atoms with van der Waals surface area (Å²) >= 11 is 5.85. The third-order valence-corrected chi connectivity index (χ3v) is 5.93. The lowest BCUT2D eigenvalue weighted by Crippen LogP contribution is -2.31. The van der Waals surface area contributed by atoms with Gasteiger partial charge in [0.1, 0.15) is 11.6 Å². The molecule has 182 valence electrons. The van der Waals surface area contributed by atoms with Crippen LogP contribution in [0.5, 0.6) is 5.75 Å². The fourth-order valence-corrected chi connectivity index (χ4v) is 3.99. The van der Waals surface area contributed by atoms with Gasteiger partial charge in [0.2, 0.25) is 0 Å². The number of amides is 1. The van der Waals surface area contributed by atoms with Gasteiger partial charge in [0, 0.05) is 49.9 Å². The van der Waals surface area contributed by atoms with E-state index in [-0.39, 0.29) is 23.1 Å². The van der Waals surface area contributed by atoms with Crippen molar-refractivity contribution >= 4 is 34.7 Å². The van der Waals surface area contributed by atoms with Crippen LogP contribution in [0.15, 0.2) is 66.9 Å². The molecule has 0 bridgehead atoms. The molecule has 10 heteroatoms.